The van der Waals surface area contributed by atoms with Crippen LogP contribution in [-0.4, -0.2) is 38.6 Å². The number of nitrogens with one attached hydrogen (secondary N) is 2. The number of carbonyl (C=O) groups excluding carboxylic acids is 2. The number of amides is 2. The molecule has 20 heavy (non-hydrogen) atoms. The van der Waals surface area contributed by atoms with Gasteiger partial charge in [0.05, 0.1) is 6.61 Å². The minimum Gasteiger partial charge on any atom is -0.383 e. The number of aryl methyl sites for hydroxylation is 1. The molecule has 0 atom stereocenters. The van der Waals surface area contributed by atoms with Crippen LogP contribution in [-0.2, 0) is 9.53 Å². The minimum absolute atomic E-state index is 0.104. The molecular formula is C14H19BrN2O3. The Labute approximate surface area is 127 Å². The van der Waals surface area contributed by atoms with Crippen LogP contribution in [0.1, 0.15) is 22.3 Å². The molecule has 1 aromatic carbocycles. The van der Waals surface area contributed by atoms with Gasteiger partial charge in [0.25, 0.3) is 5.91 Å². The van der Waals surface area contributed by atoms with Gasteiger partial charge in [-0.25, -0.2) is 0 Å². The average Bonchev–Trinajstić information content (AvgIpc) is 2.42. The van der Waals surface area contributed by atoms with E-state index in [-0.39, 0.29) is 18.2 Å². The largest absolute Gasteiger partial charge is 0.383 e. The molecule has 0 unspecified atom stereocenters. The highest BCUT2D eigenvalue weighted by Crippen LogP contribution is 2.17. The van der Waals surface area contributed by atoms with Crippen LogP contribution in [0.2, 0.25) is 0 Å². The molecule has 0 aromatic heterocycles. The van der Waals surface area contributed by atoms with Crippen LogP contribution in [0.4, 0.5) is 0 Å². The lowest BCUT2D eigenvalue weighted by atomic mass is 10.1. The summed E-state index contributed by atoms with van der Waals surface area (Å²) in [6.07, 6.45) is 0.252. The van der Waals surface area contributed by atoms with Crippen LogP contribution in [0.3, 0.4) is 0 Å². The zero-order valence-corrected chi connectivity index (χ0v) is 13.2. The zero-order chi connectivity index (χ0) is 15.0. The molecular weight excluding hydrogens is 324 g/mol. The third-order valence-electron chi connectivity index (χ3n) is 2.70. The first-order chi connectivity index (χ1) is 9.54. The second-order valence-electron chi connectivity index (χ2n) is 4.31. The van der Waals surface area contributed by atoms with E-state index in [9.17, 15) is 9.59 Å². The third kappa shape index (κ3) is 5.71. The maximum Gasteiger partial charge on any atom is 0.251 e. The molecule has 0 bridgehead atoms. The average molecular weight is 343 g/mol. The van der Waals surface area contributed by atoms with Gasteiger partial charge in [0, 0.05) is 36.7 Å². The van der Waals surface area contributed by atoms with Crippen molar-refractivity contribution in [2.75, 3.05) is 26.8 Å². The molecule has 0 spiro atoms. The van der Waals surface area contributed by atoms with Gasteiger partial charge in [-0.05, 0) is 24.6 Å². The third-order valence-corrected chi connectivity index (χ3v) is 3.55. The van der Waals surface area contributed by atoms with Crippen molar-refractivity contribution < 1.29 is 14.3 Å². The lowest BCUT2D eigenvalue weighted by Gasteiger charge is -2.07. The number of halogens is 1. The fourth-order valence-electron chi connectivity index (χ4n) is 1.51. The first-order valence-corrected chi connectivity index (χ1v) is 7.14. The predicted octanol–water partition coefficient (Wildman–Crippen LogP) is 1.64. The van der Waals surface area contributed by atoms with Crippen LogP contribution in [0, 0.1) is 6.92 Å². The number of benzene rings is 1. The van der Waals surface area contributed by atoms with Gasteiger partial charge in [-0.1, -0.05) is 22.0 Å². The molecule has 2 N–H and O–H groups in total. The summed E-state index contributed by atoms with van der Waals surface area (Å²) in [7, 11) is 1.58. The van der Waals surface area contributed by atoms with E-state index in [1.165, 1.54) is 0 Å². The monoisotopic (exact) mass is 342 g/mol. The van der Waals surface area contributed by atoms with Crippen molar-refractivity contribution in [3.05, 3.63) is 33.8 Å². The van der Waals surface area contributed by atoms with Gasteiger partial charge < -0.3 is 15.4 Å². The summed E-state index contributed by atoms with van der Waals surface area (Å²) in [4.78, 5) is 23.3. The highest BCUT2D eigenvalue weighted by molar-refractivity contribution is 9.10. The fraction of sp³-hybridized carbons (Fsp3) is 0.429. The number of ether oxygens (including phenoxy) is 1. The number of rotatable bonds is 7. The van der Waals surface area contributed by atoms with E-state index in [1.807, 2.05) is 13.0 Å². The Kier molecular flexibility index (Phi) is 7.25. The summed E-state index contributed by atoms with van der Waals surface area (Å²) >= 11 is 3.39. The quantitative estimate of drug-likeness (QED) is 0.740. The molecule has 0 fully saturated rings. The Morgan fingerprint density at radius 2 is 2.00 bits per heavy atom. The molecule has 5 nitrogen and oxygen atoms in total. The van der Waals surface area contributed by atoms with Crippen molar-refractivity contribution in [3.8, 4) is 0 Å². The van der Waals surface area contributed by atoms with Gasteiger partial charge >= 0.3 is 0 Å². The van der Waals surface area contributed by atoms with E-state index >= 15 is 0 Å². The van der Waals surface area contributed by atoms with Gasteiger partial charge in [0.2, 0.25) is 5.91 Å². The van der Waals surface area contributed by atoms with Gasteiger partial charge in [-0.15, -0.1) is 0 Å². The Hall–Kier alpha value is -1.40. The van der Waals surface area contributed by atoms with Crippen LogP contribution >= 0.6 is 15.9 Å². The number of carbonyl (C=O) groups is 2. The Bertz CT molecular complexity index is 477. The van der Waals surface area contributed by atoms with Gasteiger partial charge in [0.15, 0.2) is 0 Å². The molecule has 0 aliphatic carbocycles. The molecule has 0 radical (unpaired) electrons. The van der Waals surface area contributed by atoms with Crippen LogP contribution in [0.5, 0.6) is 0 Å². The SMILES string of the molecule is COCCNC(=O)CCNC(=O)c1ccc(C)c(Br)c1. The molecule has 6 heteroatoms. The number of hydrogen-bond donors (Lipinski definition) is 2. The molecule has 0 aliphatic rings. The summed E-state index contributed by atoms with van der Waals surface area (Å²) in [6, 6.07) is 5.40. The summed E-state index contributed by atoms with van der Waals surface area (Å²) < 4.78 is 5.72. The normalized spacial score (nSPS) is 10.2. The molecule has 110 valence electrons. The standard InChI is InChI=1S/C14H19BrN2O3/c1-10-3-4-11(9-12(10)15)14(19)17-6-5-13(18)16-7-8-20-2/h3-4,9H,5-8H2,1-2H3,(H,16,18)(H,17,19). The Morgan fingerprint density at radius 1 is 1.25 bits per heavy atom. The summed E-state index contributed by atoms with van der Waals surface area (Å²) in [5, 5.41) is 5.41. The van der Waals surface area contributed by atoms with Gasteiger partial charge in [-0.2, -0.15) is 0 Å². The van der Waals surface area contributed by atoms with E-state index in [2.05, 4.69) is 26.6 Å². The van der Waals surface area contributed by atoms with Crippen molar-refractivity contribution in [3.63, 3.8) is 0 Å². The van der Waals surface area contributed by atoms with E-state index in [1.54, 1.807) is 19.2 Å². The van der Waals surface area contributed by atoms with E-state index in [0.717, 1.165) is 10.0 Å². The van der Waals surface area contributed by atoms with Crippen LogP contribution in [0.15, 0.2) is 22.7 Å². The van der Waals surface area contributed by atoms with Gasteiger partial charge in [0.1, 0.15) is 0 Å². The first kappa shape index (κ1) is 16.7. The fourth-order valence-corrected chi connectivity index (χ4v) is 1.89. The van der Waals surface area contributed by atoms with Crippen LogP contribution < -0.4 is 10.6 Å². The molecule has 0 saturated heterocycles. The molecule has 1 aromatic rings. The molecule has 0 heterocycles. The minimum atomic E-state index is -0.185. The summed E-state index contributed by atoms with van der Waals surface area (Å²) in [5.74, 6) is -0.289. The lowest BCUT2D eigenvalue weighted by Crippen LogP contribution is -2.32. The second-order valence-corrected chi connectivity index (χ2v) is 5.17. The molecule has 0 aliphatic heterocycles. The number of methoxy groups -OCH3 is 1. The van der Waals surface area contributed by atoms with Crippen molar-refractivity contribution in [1.82, 2.24) is 10.6 Å². The van der Waals surface area contributed by atoms with Crippen molar-refractivity contribution in [2.24, 2.45) is 0 Å². The Morgan fingerprint density at radius 3 is 2.65 bits per heavy atom. The smallest absolute Gasteiger partial charge is 0.251 e. The maximum absolute atomic E-state index is 11.9. The summed E-state index contributed by atoms with van der Waals surface area (Å²) in [5.41, 5.74) is 1.64. The molecule has 0 saturated carbocycles. The predicted molar refractivity (Wildman–Crippen MR) is 80.7 cm³/mol. The topological polar surface area (TPSA) is 67.4 Å². The van der Waals surface area contributed by atoms with Crippen LogP contribution in [0.25, 0.3) is 0 Å². The van der Waals surface area contributed by atoms with Crippen molar-refractivity contribution >= 4 is 27.7 Å². The molecule has 1 rings (SSSR count). The maximum atomic E-state index is 11.9. The first-order valence-electron chi connectivity index (χ1n) is 6.34. The van der Waals surface area contributed by atoms with E-state index in [4.69, 9.17) is 4.74 Å². The van der Waals surface area contributed by atoms with E-state index in [0.29, 0.717) is 25.3 Å². The van der Waals surface area contributed by atoms with Crippen molar-refractivity contribution in [1.29, 1.82) is 0 Å². The Balaban J connectivity index is 2.32. The zero-order valence-electron chi connectivity index (χ0n) is 11.7. The summed E-state index contributed by atoms with van der Waals surface area (Å²) in [6.45, 7) is 3.23. The highest BCUT2D eigenvalue weighted by atomic mass is 79.9. The highest BCUT2D eigenvalue weighted by Gasteiger charge is 2.07. The van der Waals surface area contributed by atoms with Crippen molar-refractivity contribution in [2.45, 2.75) is 13.3 Å². The van der Waals surface area contributed by atoms with Gasteiger partial charge in [-0.3, -0.25) is 9.59 Å². The van der Waals surface area contributed by atoms with E-state index < -0.39 is 0 Å². The lowest BCUT2D eigenvalue weighted by molar-refractivity contribution is -0.121. The number of hydrogen-bond acceptors (Lipinski definition) is 3. The molecule has 2 amide bonds. The second kappa shape index (κ2) is 8.71.